The van der Waals surface area contributed by atoms with Crippen LogP contribution in [0.2, 0.25) is 0 Å². The number of methoxy groups -OCH3 is 1. The zero-order valence-electron chi connectivity index (χ0n) is 12.0. The largest absolute Gasteiger partial charge is 0.496 e. The molecule has 1 aliphatic rings. The molecule has 0 aromatic heterocycles. The van der Waals surface area contributed by atoms with E-state index in [0.717, 1.165) is 30.6 Å². The fourth-order valence-corrected chi connectivity index (χ4v) is 2.99. The molecule has 0 amide bonds. The van der Waals surface area contributed by atoms with Crippen LogP contribution in [-0.2, 0) is 6.42 Å². The minimum Gasteiger partial charge on any atom is -0.496 e. The molecule has 2 heteroatoms. The molecule has 2 nitrogen and oxygen atoms in total. The average molecular weight is 247 g/mol. The van der Waals surface area contributed by atoms with E-state index in [1.165, 1.54) is 29.7 Å². The third kappa shape index (κ3) is 2.86. The molecule has 1 saturated heterocycles. The van der Waals surface area contributed by atoms with Crippen molar-refractivity contribution < 1.29 is 4.74 Å². The molecular weight excluding hydrogens is 222 g/mol. The third-order valence-corrected chi connectivity index (χ3v) is 4.25. The molecule has 100 valence electrons. The molecule has 0 saturated carbocycles. The maximum atomic E-state index is 5.56. The van der Waals surface area contributed by atoms with E-state index >= 15 is 0 Å². The molecule has 1 aliphatic heterocycles. The third-order valence-electron chi connectivity index (χ3n) is 4.25. The van der Waals surface area contributed by atoms with Gasteiger partial charge >= 0.3 is 0 Å². The molecule has 1 fully saturated rings. The molecular formula is C16H25NO. The first-order chi connectivity index (χ1) is 8.61. The van der Waals surface area contributed by atoms with Gasteiger partial charge < -0.3 is 10.1 Å². The fourth-order valence-electron chi connectivity index (χ4n) is 2.99. The number of hydrogen-bond acceptors (Lipinski definition) is 2. The second-order valence-electron chi connectivity index (χ2n) is 5.70. The molecule has 0 bridgehead atoms. The van der Waals surface area contributed by atoms with Crippen LogP contribution in [0.4, 0.5) is 0 Å². The molecule has 2 unspecified atom stereocenters. The summed E-state index contributed by atoms with van der Waals surface area (Å²) < 4.78 is 5.56. The number of rotatable bonds is 3. The van der Waals surface area contributed by atoms with Crippen LogP contribution in [0.1, 0.15) is 30.0 Å². The van der Waals surface area contributed by atoms with E-state index < -0.39 is 0 Å². The van der Waals surface area contributed by atoms with Gasteiger partial charge in [-0.1, -0.05) is 13.0 Å². The molecule has 0 aliphatic carbocycles. The van der Waals surface area contributed by atoms with Gasteiger partial charge in [0.05, 0.1) is 7.11 Å². The number of piperidine rings is 1. The van der Waals surface area contributed by atoms with Crippen molar-refractivity contribution in [1.29, 1.82) is 0 Å². The van der Waals surface area contributed by atoms with Crippen molar-refractivity contribution in [3.8, 4) is 5.75 Å². The molecule has 1 heterocycles. The van der Waals surface area contributed by atoms with Crippen LogP contribution >= 0.6 is 0 Å². The molecule has 0 radical (unpaired) electrons. The zero-order chi connectivity index (χ0) is 13.1. The lowest BCUT2D eigenvalue weighted by Crippen LogP contribution is -2.36. The molecule has 1 aromatic carbocycles. The Kier molecular flexibility index (Phi) is 4.28. The van der Waals surface area contributed by atoms with Crippen LogP contribution in [0.25, 0.3) is 0 Å². The lowest BCUT2D eigenvalue weighted by Gasteiger charge is -2.30. The van der Waals surface area contributed by atoms with E-state index in [-0.39, 0.29) is 0 Å². The monoisotopic (exact) mass is 247 g/mol. The normalized spacial score (nSPS) is 24.0. The van der Waals surface area contributed by atoms with Crippen LogP contribution in [0.15, 0.2) is 12.1 Å². The maximum absolute atomic E-state index is 5.56. The van der Waals surface area contributed by atoms with Crippen molar-refractivity contribution in [3.05, 3.63) is 28.8 Å². The Morgan fingerprint density at radius 3 is 2.78 bits per heavy atom. The standard InChI is InChI=1S/C16H25NO/c1-11-7-13(3)15(16(8-11)18-4)9-14-10-17-6-5-12(14)2/h7-8,12,14,17H,5-6,9-10H2,1-4H3. The zero-order valence-corrected chi connectivity index (χ0v) is 12.0. The van der Waals surface area contributed by atoms with E-state index in [2.05, 4.69) is 38.2 Å². The molecule has 1 aromatic rings. The highest BCUT2D eigenvalue weighted by Crippen LogP contribution is 2.30. The summed E-state index contributed by atoms with van der Waals surface area (Å²) in [7, 11) is 1.78. The van der Waals surface area contributed by atoms with E-state index in [9.17, 15) is 0 Å². The highest BCUT2D eigenvalue weighted by Gasteiger charge is 2.23. The predicted octanol–water partition coefficient (Wildman–Crippen LogP) is 3.10. The Balaban J connectivity index is 2.22. The van der Waals surface area contributed by atoms with Crippen LogP contribution in [-0.4, -0.2) is 20.2 Å². The number of hydrogen-bond donors (Lipinski definition) is 1. The van der Waals surface area contributed by atoms with Crippen molar-refractivity contribution in [2.75, 3.05) is 20.2 Å². The van der Waals surface area contributed by atoms with Gasteiger partial charge in [-0.25, -0.2) is 0 Å². The molecule has 1 N–H and O–H groups in total. The quantitative estimate of drug-likeness (QED) is 0.886. The van der Waals surface area contributed by atoms with Crippen LogP contribution < -0.4 is 10.1 Å². The van der Waals surface area contributed by atoms with Gasteiger partial charge in [0.2, 0.25) is 0 Å². The molecule has 2 rings (SSSR count). The summed E-state index contributed by atoms with van der Waals surface area (Å²) >= 11 is 0. The number of aryl methyl sites for hydroxylation is 2. The Labute approximate surface area is 111 Å². The molecule has 0 spiro atoms. The van der Waals surface area contributed by atoms with Crippen molar-refractivity contribution in [3.63, 3.8) is 0 Å². The summed E-state index contributed by atoms with van der Waals surface area (Å²) in [6.07, 6.45) is 2.42. The summed E-state index contributed by atoms with van der Waals surface area (Å²) in [5, 5.41) is 3.51. The van der Waals surface area contributed by atoms with Gasteiger partial charge in [0.25, 0.3) is 0 Å². The molecule has 18 heavy (non-hydrogen) atoms. The smallest absolute Gasteiger partial charge is 0.122 e. The minimum absolute atomic E-state index is 0.731. The Morgan fingerprint density at radius 1 is 1.33 bits per heavy atom. The maximum Gasteiger partial charge on any atom is 0.122 e. The van der Waals surface area contributed by atoms with Crippen molar-refractivity contribution in [2.45, 2.75) is 33.6 Å². The summed E-state index contributed by atoms with van der Waals surface area (Å²) in [4.78, 5) is 0. The van der Waals surface area contributed by atoms with Crippen molar-refractivity contribution in [1.82, 2.24) is 5.32 Å². The first-order valence-corrected chi connectivity index (χ1v) is 6.96. The fraction of sp³-hybridized carbons (Fsp3) is 0.625. The lowest BCUT2D eigenvalue weighted by molar-refractivity contribution is 0.270. The second kappa shape index (κ2) is 5.75. The number of ether oxygens (including phenoxy) is 1. The summed E-state index contributed by atoms with van der Waals surface area (Å²) in [5.41, 5.74) is 4.04. The van der Waals surface area contributed by atoms with Crippen molar-refractivity contribution in [2.24, 2.45) is 11.8 Å². The SMILES string of the molecule is COc1cc(C)cc(C)c1CC1CNCCC1C. The first kappa shape index (κ1) is 13.4. The van der Waals surface area contributed by atoms with Gasteiger partial charge in [0.15, 0.2) is 0 Å². The van der Waals surface area contributed by atoms with E-state index in [1.807, 2.05) is 0 Å². The van der Waals surface area contributed by atoms with Crippen LogP contribution in [0.5, 0.6) is 5.75 Å². The topological polar surface area (TPSA) is 21.3 Å². The highest BCUT2D eigenvalue weighted by atomic mass is 16.5. The van der Waals surface area contributed by atoms with Gasteiger partial charge in [-0.3, -0.25) is 0 Å². The van der Waals surface area contributed by atoms with Gasteiger partial charge in [-0.15, -0.1) is 0 Å². The van der Waals surface area contributed by atoms with Crippen LogP contribution in [0.3, 0.4) is 0 Å². The minimum atomic E-state index is 0.731. The molecule has 2 atom stereocenters. The Morgan fingerprint density at radius 2 is 2.11 bits per heavy atom. The lowest BCUT2D eigenvalue weighted by atomic mass is 9.82. The summed E-state index contributed by atoms with van der Waals surface area (Å²) in [5.74, 6) is 2.59. The van der Waals surface area contributed by atoms with Gasteiger partial charge in [0.1, 0.15) is 5.75 Å². The Hall–Kier alpha value is -1.02. The summed E-state index contributed by atoms with van der Waals surface area (Å²) in [6, 6.07) is 4.42. The predicted molar refractivity (Wildman–Crippen MR) is 76.3 cm³/mol. The number of nitrogens with one attached hydrogen (secondary N) is 1. The van der Waals surface area contributed by atoms with E-state index in [4.69, 9.17) is 4.74 Å². The van der Waals surface area contributed by atoms with Gasteiger partial charge in [-0.2, -0.15) is 0 Å². The first-order valence-electron chi connectivity index (χ1n) is 6.96. The van der Waals surface area contributed by atoms with Crippen molar-refractivity contribution >= 4 is 0 Å². The van der Waals surface area contributed by atoms with Gasteiger partial charge in [-0.05, 0) is 74.4 Å². The van der Waals surface area contributed by atoms with Crippen LogP contribution in [0, 0.1) is 25.7 Å². The average Bonchev–Trinajstić information content (AvgIpc) is 2.34. The van der Waals surface area contributed by atoms with E-state index in [0.29, 0.717) is 0 Å². The number of benzene rings is 1. The van der Waals surface area contributed by atoms with Gasteiger partial charge in [0, 0.05) is 0 Å². The van der Waals surface area contributed by atoms with E-state index in [1.54, 1.807) is 7.11 Å². The second-order valence-corrected chi connectivity index (χ2v) is 5.70. The highest BCUT2D eigenvalue weighted by molar-refractivity contribution is 5.43. The Bertz CT molecular complexity index is 414. The summed E-state index contributed by atoms with van der Waals surface area (Å²) in [6.45, 7) is 9.01.